The Morgan fingerprint density at radius 2 is 2.27 bits per heavy atom. The van der Waals surface area contributed by atoms with E-state index in [1.165, 1.54) is 11.9 Å². The van der Waals surface area contributed by atoms with E-state index in [1.54, 1.807) is 18.3 Å². The minimum atomic E-state index is -4.16. The van der Waals surface area contributed by atoms with Crippen LogP contribution >= 0.6 is 0 Å². The zero-order chi connectivity index (χ0) is 16.2. The van der Waals surface area contributed by atoms with Crippen LogP contribution in [0.1, 0.15) is 16.8 Å². The molecular weight excluding hydrogens is 297 g/mol. The lowest BCUT2D eigenvalue weighted by Gasteiger charge is -2.18. The fourth-order valence-electron chi connectivity index (χ4n) is 2.58. The van der Waals surface area contributed by atoms with E-state index < -0.39 is 12.7 Å². The highest BCUT2D eigenvalue weighted by Crippen LogP contribution is 2.23. The van der Waals surface area contributed by atoms with Crippen LogP contribution in [0.25, 0.3) is 0 Å². The van der Waals surface area contributed by atoms with Crippen molar-refractivity contribution >= 4 is 11.7 Å². The van der Waals surface area contributed by atoms with E-state index in [0.717, 1.165) is 0 Å². The van der Waals surface area contributed by atoms with Gasteiger partial charge in [-0.1, -0.05) is 0 Å². The Labute approximate surface area is 126 Å². The molecule has 22 heavy (non-hydrogen) atoms. The molecular formula is C14H19F3N4O. The normalized spacial score (nSPS) is 19.2. The lowest BCUT2D eigenvalue weighted by Crippen LogP contribution is -2.33. The fraction of sp³-hybridized carbons (Fsp3) is 0.571. The van der Waals surface area contributed by atoms with Crippen molar-refractivity contribution in [3.63, 3.8) is 0 Å². The number of halogens is 3. The van der Waals surface area contributed by atoms with Crippen LogP contribution in [0.3, 0.4) is 0 Å². The molecule has 0 radical (unpaired) electrons. The van der Waals surface area contributed by atoms with Gasteiger partial charge in [-0.2, -0.15) is 13.2 Å². The van der Waals surface area contributed by atoms with Crippen LogP contribution in [0.15, 0.2) is 18.3 Å². The van der Waals surface area contributed by atoms with Crippen LogP contribution in [-0.4, -0.2) is 55.2 Å². The molecule has 0 bridgehead atoms. The Morgan fingerprint density at radius 3 is 2.95 bits per heavy atom. The van der Waals surface area contributed by atoms with Gasteiger partial charge >= 0.3 is 6.18 Å². The second-order valence-corrected chi connectivity index (χ2v) is 5.36. The summed E-state index contributed by atoms with van der Waals surface area (Å²) in [5.74, 6) is 0.318. The molecule has 2 rings (SSSR count). The van der Waals surface area contributed by atoms with Gasteiger partial charge < -0.3 is 10.6 Å². The van der Waals surface area contributed by atoms with Gasteiger partial charge in [-0.3, -0.25) is 9.69 Å². The number of nitrogens with zero attached hydrogens (tertiary/aromatic N) is 2. The summed E-state index contributed by atoms with van der Waals surface area (Å²) in [5.41, 5.74) is 0.426. The molecule has 1 aliphatic rings. The number of nitrogens with one attached hydrogen (secondary N) is 2. The van der Waals surface area contributed by atoms with Gasteiger partial charge in [0.1, 0.15) is 5.82 Å². The summed E-state index contributed by atoms with van der Waals surface area (Å²) in [6.45, 7) is 0.469. The van der Waals surface area contributed by atoms with Crippen molar-refractivity contribution < 1.29 is 18.0 Å². The van der Waals surface area contributed by atoms with Crippen LogP contribution in [0, 0.1) is 5.92 Å². The minimum Gasteiger partial charge on any atom is -0.369 e. The number of aromatic nitrogens is 1. The van der Waals surface area contributed by atoms with Crippen molar-refractivity contribution in [2.45, 2.75) is 12.6 Å². The number of rotatable bonds is 5. The monoisotopic (exact) mass is 316 g/mol. The van der Waals surface area contributed by atoms with E-state index in [0.29, 0.717) is 37.4 Å². The summed E-state index contributed by atoms with van der Waals surface area (Å²) in [6, 6.07) is 3.31. The Morgan fingerprint density at radius 1 is 1.50 bits per heavy atom. The summed E-state index contributed by atoms with van der Waals surface area (Å²) in [7, 11) is 1.53. The lowest BCUT2D eigenvalue weighted by atomic mass is 10.1. The Kier molecular flexibility index (Phi) is 5.23. The molecule has 1 aliphatic heterocycles. The fourth-order valence-corrected chi connectivity index (χ4v) is 2.58. The van der Waals surface area contributed by atoms with Crippen molar-refractivity contribution in [3.8, 4) is 0 Å². The topological polar surface area (TPSA) is 57.3 Å². The zero-order valence-corrected chi connectivity index (χ0v) is 12.3. The minimum absolute atomic E-state index is 0.113. The van der Waals surface area contributed by atoms with Crippen molar-refractivity contribution in [2.24, 2.45) is 5.92 Å². The third-order valence-corrected chi connectivity index (χ3v) is 3.61. The van der Waals surface area contributed by atoms with Gasteiger partial charge in [0.15, 0.2) is 0 Å². The predicted molar refractivity (Wildman–Crippen MR) is 76.7 cm³/mol. The number of alkyl halides is 3. The molecule has 8 heteroatoms. The molecule has 1 fully saturated rings. The zero-order valence-electron chi connectivity index (χ0n) is 12.3. The molecule has 122 valence electrons. The second kappa shape index (κ2) is 6.95. The molecule has 0 aromatic carbocycles. The summed E-state index contributed by atoms with van der Waals surface area (Å²) in [5, 5.41) is 5.60. The number of hydrogen-bond donors (Lipinski definition) is 2. The van der Waals surface area contributed by atoms with Crippen LogP contribution in [0.5, 0.6) is 0 Å². The van der Waals surface area contributed by atoms with Crippen molar-refractivity contribution in [1.29, 1.82) is 0 Å². The van der Waals surface area contributed by atoms with Gasteiger partial charge in [0.25, 0.3) is 5.91 Å². The standard InChI is InChI=1S/C14H19F3N4O/c1-18-13(22)11-3-2-5-19-12(11)20-7-10-4-6-21(8-10)9-14(15,16)17/h2-3,5,10H,4,6-9H2,1H3,(H,18,22)(H,19,20)/t10-/m0/s1. The van der Waals surface area contributed by atoms with E-state index in [-0.39, 0.29) is 11.8 Å². The third-order valence-electron chi connectivity index (χ3n) is 3.61. The first-order valence-electron chi connectivity index (χ1n) is 7.09. The molecule has 0 aliphatic carbocycles. The molecule has 0 unspecified atom stereocenters. The third kappa shape index (κ3) is 4.59. The van der Waals surface area contributed by atoms with E-state index >= 15 is 0 Å². The van der Waals surface area contributed by atoms with Gasteiger partial charge in [-0.25, -0.2) is 4.98 Å². The highest BCUT2D eigenvalue weighted by Gasteiger charge is 2.34. The molecule has 2 N–H and O–H groups in total. The van der Waals surface area contributed by atoms with Gasteiger partial charge in [0, 0.05) is 26.3 Å². The molecule has 1 saturated heterocycles. The molecule has 0 spiro atoms. The first-order valence-corrected chi connectivity index (χ1v) is 7.09. The number of amides is 1. The molecule has 1 aromatic heterocycles. The van der Waals surface area contributed by atoms with Crippen LogP contribution in [-0.2, 0) is 0 Å². The molecule has 2 heterocycles. The number of carbonyl (C=O) groups excluding carboxylic acids is 1. The smallest absolute Gasteiger partial charge is 0.369 e. The van der Waals surface area contributed by atoms with Gasteiger partial charge in [0.2, 0.25) is 0 Å². The van der Waals surface area contributed by atoms with Crippen molar-refractivity contribution in [1.82, 2.24) is 15.2 Å². The molecule has 1 aromatic rings. The summed E-state index contributed by atoms with van der Waals surface area (Å²) >= 11 is 0. The maximum atomic E-state index is 12.4. The Balaban J connectivity index is 1.88. The molecule has 1 amide bonds. The van der Waals surface area contributed by atoms with Crippen LogP contribution < -0.4 is 10.6 Å². The summed E-state index contributed by atoms with van der Waals surface area (Å²) < 4.78 is 37.1. The second-order valence-electron chi connectivity index (χ2n) is 5.36. The SMILES string of the molecule is CNC(=O)c1cccnc1NC[C@@H]1CCN(CC(F)(F)F)C1. The first-order chi connectivity index (χ1) is 10.4. The Hall–Kier alpha value is -1.83. The number of pyridine rings is 1. The van der Waals surface area contributed by atoms with Crippen LogP contribution in [0.4, 0.5) is 19.0 Å². The number of anilines is 1. The van der Waals surface area contributed by atoms with Gasteiger partial charge in [-0.15, -0.1) is 0 Å². The van der Waals surface area contributed by atoms with Crippen molar-refractivity contribution in [2.75, 3.05) is 38.5 Å². The number of hydrogen-bond acceptors (Lipinski definition) is 4. The number of likely N-dealkylation sites (tertiary alicyclic amines) is 1. The summed E-state index contributed by atoms with van der Waals surface area (Å²) in [6.07, 6.45) is -1.89. The van der Waals surface area contributed by atoms with Crippen molar-refractivity contribution in [3.05, 3.63) is 23.9 Å². The highest BCUT2D eigenvalue weighted by atomic mass is 19.4. The first kappa shape index (κ1) is 16.5. The molecule has 1 atom stereocenters. The van der Waals surface area contributed by atoms with E-state index in [9.17, 15) is 18.0 Å². The average Bonchev–Trinajstić information content (AvgIpc) is 2.90. The lowest BCUT2D eigenvalue weighted by molar-refractivity contribution is -0.143. The number of carbonyl (C=O) groups is 1. The summed E-state index contributed by atoms with van der Waals surface area (Å²) in [4.78, 5) is 17.2. The van der Waals surface area contributed by atoms with Gasteiger partial charge in [0.05, 0.1) is 12.1 Å². The maximum absolute atomic E-state index is 12.4. The molecule has 5 nitrogen and oxygen atoms in total. The molecule has 0 saturated carbocycles. The van der Waals surface area contributed by atoms with E-state index in [2.05, 4.69) is 15.6 Å². The Bertz CT molecular complexity index is 521. The van der Waals surface area contributed by atoms with Crippen LogP contribution in [0.2, 0.25) is 0 Å². The van der Waals surface area contributed by atoms with Gasteiger partial charge in [-0.05, 0) is 31.0 Å². The average molecular weight is 316 g/mol. The highest BCUT2D eigenvalue weighted by molar-refractivity contribution is 5.98. The van der Waals surface area contributed by atoms with E-state index in [1.807, 2.05) is 0 Å². The largest absolute Gasteiger partial charge is 0.401 e. The van der Waals surface area contributed by atoms with E-state index in [4.69, 9.17) is 0 Å². The predicted octanol–water partition coefficient (Wildman–Crippen LogP) is 1.74. The quantitative estimate of drug-likeness (QED) is 0.869. The maximum Gasteiger partial charge on any atom is 0.401 e.